The van der Waals surface area contributed by atoms with Crippen LogP contribution in [0.25, 0.3) is 5.65 Å². The molecular weight excluding hydrogens is 317 g/mol. The van der Waals surface area contributed by atoms with Gasteiger partial charge in [-0.15, -0.1) is 0 Å². The number of fused-ring (bicyclic) bond motifs is 1. The lowest BCUT2D eigenvalue weighted by Crippen LogP contribution is -2.39. The number of pyridine rings is 1. The third-order valence-electron chi connectivity index (χ3n) is 3.04. The van der Waals surface area contributed by atoms with Crippen molar-refractivity contribution in [1.29, 1.82) is 0 Å². The Morgan fingerprint density at radius 2 is 2.37 bits per heavy atom. The van der Waals surface area contributed by atoms with Crippen LogP contribution in [0.3, 0.4) is 0 Å². The van der Waals surface area contributed by atoms with Crippen LogP contribution in [-0.4, -0.2) is 34.2 Å². The Kier molecular flexibility index (Phi) is 3.02. The number of imidazole rings is 1. The second-order valence-electron chi connectivity index (χ2n) is 4.46. The van der Waals surface area contributed by atoms with Crippen molar-refractivity contribution in [3.63, 3.8) is 0 Å². The number of hydrogen-bond acceptors (Lipinski definition) is 3. The number of amides is 1. The lowest BCUT2D eigenvalue weighted by molar-refractivity contribution is -0.127. The summed E-state index contributed by atoms with van der Waals surface area (Å²) in [5.41, 5.74) is -1.27. The number of aromatic nitrogens is 2. The van der Waals surface area contributed by atoms with Crippen molar-refractivity contribution in [3.05, 3.63) is 29.0 Å². The highest BCUT2D eigenvalue weighted by Gasteiger charge is 2.42. The van der Waals surface area contributed by atoms with E-state index < -0.39 is 11.6 Å². The van der Waals surface area contributed by atoms with Gasteiger partial charge >= 0.3 is 0 Å². The molecule has 5 nitrogen and oxygen atoms in total. The van der Waals surface area contributed by atoms with Gasteiger partial charge in [-0.2, -0.15) is 0 Å². The Morgan fingerprint density at radius 3 is 3.11 bits per heavy atom. The van der Waals surface area contributed by atoms with Gasteiger partial charge in [0.25, 0.3) is 5.91 Å². The number of alkyl halides is 1. The van der Waals surface area contributed by atoms with Crippen LogP contribution in [0.5, 0.6) is 0 Å². The van der Waals surface area contributed by atoms with E-state index >= 15 is 0 Å². The van der Waals surface area contributed by atoms with Crippen molar-refractivity contribution < 1.29 is 13.9 Å². The summed E-state index contributed by atoms with van der Waals surface area (Å²) < 4.78 is 21.7. The van der Waals surface area contributed by atoms with Crippen LogP contribution in [0.2, 0.25) is 0 Å². The average Bonchev–Trinajstić information content (AvgIpc) is 2.95. The molecule has 7 heteroatoms. The maximum Gasteiger partial charge on any atom is 0.265 e. The molecular formula is C12H11BrFN3O2. The summed E-state index contributed by atoms with van der Waals surface area (Å²) in [6.07, 6.45) is 3.52. The lowest BCUT2D eigenvalue weighted by Gasteiger charge is -2.15. The standard InChI is InChI=1S/C12H11BrFN3O2/c13-8-1-2-10-15-9(6-17(10)5-8)16-11(18)12(14)3-4-19-7-12/h1-2,5-6H,3-4,7H2,(H,16,18). The van der Waals surface area contributed by atoms with Gasteiger partial charge in [0.2, 0.25) is 5.67 Å². The monoisotopic (exact) mass is 327 g/mol. The zero-order chi connectivity index (χ0) is 13.5. The van der Waals surface area contributed by atoms with E-state index in [0.29, 0.717) is 11.5 Å². The fourth-order valence-electron chi connectivity index (χ4n) is 1.97. The van der Waals surface area contributed by atoms with Crippen LogP contribution in [0.1, 0.15) is 6.42 Å². The Labute approximate surface area is 116 Å². The molecule has 3 heterocycles. The SMILES string of the molecule is O=C(Nc1cn2cc(Br)ccc2n1)C1(F)CCOC1. The van der Waals surface area contributed by atoms with Gasteiger partial charge in [0, 0.05) is 17.1 Å². The van der Waals surface area contributed by atoms with E-state index in [1.807, 2.05) is 12.3 Å². The van der Waals surface area contributed by atoms with Crippen molar-refractivity contribution >= 4 is 33.3 Å². The molecule has 1 atom stereocenters. The number of halogens is 2. The molecule has 3 rings (SSSR count). The van der Waals surface area contributed by atoms with E-state index in [-0.39, 0.29) is 19.6 Å². The number of ether oxygens (including phenoxy) is 1. The molecule has 1 unspecified atom stereocenters. The van der Waals surface area contributed by atoms with Gasteiger partial charge in [-0.05, 0) is 28.1 Å². The van der Waals surface area contributed by atoms with Crippen LogP contribution in [0.15, 0.2) is 29.0 Å². The second kappa shape index (κ2) is 4.57. The zero-order valence-corrected chi connectivity index (χ0v) is 11.5. The van der Waals surface area contributed by atoms with Gasteiger partial charge in [0.1, 0.15) is 5.65 Å². The molecule has 1 aliphatic heterocycles. The minimum absolute atomic E-state index is 0.0811. The molecule has 0 saturated carbocycles. The first-order valence-electron chi connectivity index (χ1n) is 5.79. The fourth-order valence-corrected chi connectivity index (χ4v) is 2.33. The minimum Gasteiger partial charge on any atom is -0.377 e. The maximum absolute atomic E-state index is 14.1. The van der Waals surface area contributed by atoms with Gasteiger partial charge in [0.05, 0.1) is 19.4 Å². The first kappa shape index (κ1) is 12.6. The summed E-state index contributed by atoms with van der Waals surface area (Å²) in [5.74, 6) is -0.375. The van der Waals surface area contributed by atoms with Gasteiger partial charge in [0.15, 0.2) is 5.82 Å². The molecule has 0 aromatic carbocycles. The number of hydrogen-bond donors (Lipinski definition) is 1. The molecule has 0 radical (unpaired) electrons. The van der Waals surface area contributed by atoms with Crippen LogP contribution >= 0.6 is 15.9 Å². The number of anilines is 1. The molecule has 2 aromatic rings. The molecule has 0 aliphatic carbocycles. The molecule has 1 fully saturated rings. The van der Waals surface area contributed by atoms with Gasteiger partial charge in [-0.25, -0.2) is 9.37 Å². The average molecular weight is 328 g/mol. The Morgan fingerprint density at radius 1 is 1.53 bits per heavy atom. The van der Waals surface area contributed by atoms with Crippen molar-refractivity contribution in [2.24, 2.45) is 0 Å². The molecule has 100 valence electrons. The van der Waals surface area contributed by atoms with Crippen molar-refractivity contribution in [1.82, 2.24) is 9.38 Å². The topological polar surface area (TPSA) is 55.6 Å². The first-order valence-corrected chi connectivity index (χ1v) is 6.58. The minimum atomic E-state index is -1.95. The van der Waals surface area contributed by atoms with Crippen LogP contribution in [0, 0.1) is 0 Å². The van der Waals surface area contributed by atoms with Crippen LogP contribution < -0.4 is 5.32 Å². The summed E-state index contributed by atoms with van der Waals surface area (Å²) in [5, 5.41) is 2.49. The van der Waals surface area contributed by atoms with E-state index in [2.05, 4.69) is 26.2 Å². The van der Waals surface area contributed by atoms with Crippen LogP contribution in [0.4, 0.5) is 10.2 Å². The third-order valence-corrected chi connectivity index (χ3v) is 3.51. The number of nitrogens with one attached hydrogen (secondary N) is 1. The highest BCUT2D eigenvalue weighted by molar-refractivity contribution is 9.10. The molecule has 1 aliphatic rings. The summed E-state index contributed by atoms with van der Waals surface area (Å²) in [4.78, 5) is 16.1. The zero-order valence-electron chi connectivity index (χ0n) is 9.90. The summed E-state index contributed by atoms with van der Waals surface area (Å²) in [6.45, 7) is 0.0692. The lowest BCUT2D eigenvalue weighted by atomic mass is 10.1. The number of carbonyl (C=O) groups excluding carboxylic acids is 1. The molecule has 1 N–H and O–H groups in total. The van der Waals surface area contributed by atoms with E-state index in [1.54, 1.807) is 16.7 Å². The highest BCUT2D eigenvalue weighted by atomic mass is 79.9. The number of rotatable bonds is 2. The van der Waals surface area contributed by atoms with E-state index in [1.165, 1.54) is 0 Å². The molecule has 2 aromatic heterocycles. The molecule has 0 spiro atoms. The predicted octanol–water partition coefficient (Wildman–Crippen LogP) is 2.16. The molecule has 1 saturated heterocycles. The van der Waals surface area contributed by atoms with E-state index in [0.717, 1.165) is 4.47 Å². The summed E-state index contributed by atoms with van der Waals surface area (Å²) >= 11 is 3.34. The summed E-state index contributed by atoms with van der Waals surface area (Å²) in [7, 11) is 0. The van der Waals surface area contributed by atoms with E-state index in [4.69, 9.17) is 4.74 Å². The first-order chi connectivity index (χ1) is 9.07. The Hall–Kier alpha value is -1.47. The van der Waals surface area contributed by atoms with Gasteiger partial charge in [-0.3, -0.25) is 4.79 Å². The van der Waals surface area contributed by atoms with Crippen molar-refractivity contribution in [2.45, 2.75) is 12.1 Å². The Balaban J connectivity index is 1.83. The normalized spacial score (nSPS) is 22.8. The third kappa shape index (κ3) is 2.35. The highest BCUT2D eigenvalue weighted by Crippen LogP contribution is 2.25. The summed E-state index contributed by atoms with van der Waals surface area (Å²) in [6, 6.07) is 3.64. The predicted molar refractivity (Wildman–Crippen MR) is 70.8 cm³/mol. The number of nitrogens with zero attached hydrogens (tertiary/aromatic N) is 2. The molecule has 1 amide bonds. The van der Waals surface area contributed by atoms with E-state index in [9.17, 15) is 9.18 Å². The van der Waals surface area contributed by atoms with Gasteiger partial charge in [-0.1, -0.05) is 0 Å². The molecule has 19 heavy (non-hydrogen) atoms. The number of carbonyl (C=O) groups is 1. The largest absolute Gasteiger partial charge is 0.377 e. The quantitative estimate of drug-likeness (QED) is 0.919. The van der Waals surface area contributed by atoms with Gasteiger partial charge < -0.3 is 14.5 Å². The second-order valence-corrected chi connectivity index (χ2v) is 5.38. The maximum atomic E-state index is 14.1. The van der Waals surface area contributed by atoms with Crippen LogP contribution in [-0.2, 0) is 9.53 Å². The van der Waals surface area contributed by atoms with Crippen molar-refractivity contribution in [2.75, 3.05) is 18.5 Å². The van der Waals surface area contributed by atoms with Crippen molar-refractivity contribution in [3.8, 4) is 0 Å². The molecule has 0 bridgehead atoms. The fraction of sp³-hybridized carbons (Fsp3) is 0.333. The Bertz CT molecular complexity index is 637. The smallest absolute Gasteiger partial charge is 0.265 e.